The number of allylic oxidation sites excluding steroid dienone is 1. The van der Waals surface area contributed by atoms with Crippen LogP contribution in [0.5, 0.6) is 0 Å². The summed E-state index contributed by atoms with van der Waals surface area (Å²) in [4.78, 5) is 75.0. The lowest BCUT2D eigenvalue weighted by atomic mass is 9.77. The van der Waals surface area contributed by atoms with Gasteiger partial charge in [-0.25, -0.2) is 18.1 Å². The highest BCUT2D eigenvalue weighted by atomic mass is 32.2. The van der Waals surface area contributed by atoms with E-state index in [-0.39, 0.29) is 38.1 Å². The van der Waals surface area contributed by atoms with Gasteiger partial charge < -0.3 is 14.5 Å². The molecule has 290 valence electrons. The molecule has 1 N–H and O–H groups in total. The molecule has 2 aromatic rings. The number of benzene rings is 2. The summed E-state index contributed by atoms with van der Waals surface area (Å²) in [5.74, 6) is -2.92. The van der Waals surface area contributed by atoms with Gasteiger partial charge >= 0.3 is 6.09 Å². The molecular formula is C41H52N4O8S. The highest BCUT2D eigenvalue weighted by Gasteiger charge is 2.61. The number of amides is 4. The number of Topliss-reactive ketones (excluding diaryl/α,β-unsaturated/α-hetero) is 1. The van der Waals surface area contributed by atoms with Gasteiger partial charge in [-0.05, 0) is 74.1 Å². The van der Waals surface area contributed by atoms with E-state index >= 15 is 0 Å². The first-order valence-electron chi connectivity index (χ1n) is 19.0. The Morgan fingerprint density at radius 2 is 1.56 bits per heavy atom. The number of sulfonamides is 1. The van der Waals surface area contributed by atoms with Gasteiger partial charge in [0.1, 0.15) is 6.10 Å². The minimum Gasteiger partial charge on any atom is -0.444 e. The molecule has 2 saturated heterocycles. The summed E-state index contributed by atoms with van der Waals surface area (Å²) >= 11 is 0. The molecule has 6 rings (SSSR count). The molecule has 13 heteroatoms. The number of carbonyl (C=O) groups excluding carboxylic acids is 5. The Balaban J connectivity index is 1.28. The van der Waals surface area contributed by atoms with E-state index < -0.39 is 73.8 Å². The predicted molar refractivity (Wildman–Crippen MR) is 204 cm³/mol. The SMILES string of the molecule is C=C[C@@H]1C[C@]1(CC(=O)[C@@H]1C[C@@H](OC(=O)N(c2ccccc2)c2ccccc2)CN1C(=O)[C@@H](CC(=O)N1CCCCC1)C(C)(C)C)C(=O)NS(=O)(=O)C1CC1. The number of hydrogen-bond donors (Lipinski definition) is 1. The molecule has 2 saturated carbocycles. The zero-order valence-corrected chi connectivity index (χ0v) is 32.3. The number of likely N-dealkylation sites (tertiary alicyclic amines) is 2. The summed E-state index contributed by atoms with van der Waals surface area (Å²) < 4.78 is 33.8. The van der Waals surface area contributed by atoms with Crippen LogP contribution in [0.25, 0.3) is 0 Å². The lowest BCUT2D eigenvalue weighted by molar-refractivity contribution is -0.148. The Hall–Kier alpha value is -4.52. The van der Waals surface area contributed by atoms with Gasteiger partial charge in [0.05, 0.1) is 40.5 Å². The number of anilines is 2. The molecule has 2 aliphatic carbocycles. The number of nitrogens with one attached hydrogen (secondary N) is 1. The van der Waals surface area contributed by atoms with Gasteiger partial charge in [0.15, 0.2) is 5.78 Å². The topological polar surface area (TPSA) is 150 Å². The average molecular weight is 761 g/mol. The zero-order valence-electron chi connectivity index (χ0n) is 31.4. The lowest BCUT2D eigenvalue weighted by Gasteiger charge is -2.36. The van der Waals surface area contributed by atoms with Crippen LogP contribution >= 0.6 is 0 Å². The largest absolute Gasteiger partial charge is 0.444 e. The predicted octanol–water partition coefficient (Wildman–Crippen LogP) is 5.76. The van der Waals surface area contributed by atoms with E-state index in [1.807, 2.05) is 32.9 Å². The van der Waals surface area contributed by atoms with Gasteiger partial charge in [0.25, 0.3) is 0 Å². The lowest BCUT2D eigenvalue weighted by Crippen LogP contribution is -2.49. The van der Waals surface area contributed by atoms with Crippen molar-refractivity contribution in [3.8, 4) is 0 Å². The second kappa shape index (κ2) is 15.7. The van der Waals surface area contributed by atoms with Gasteiger partial charge in [-0.3, -0.25) is 23.9 Å². The molecule has 4 fully saturated rings. The Bertz CT molecular complexity index is 1810. The quantitative estimate of drug-likeness (QED) is 0.254. The van der Waals surface area contributed by atoms with Crippen LogP contribution in [0.1, 0.15) is 78.6 Å². The van der Waals surface area contributed by atoms with E-state index in [2.05, 4.69) is 11.3 Å². The van der Waals surface area contributed by atoms with Crippen LogP contribution < -0.4 is 9.62 Å². The van der Waals surface area contributed by atoms with Crippen LogP contribution in [0, 0.1) is 22.7 Å². The monoisotopic (exact) mass is 760 g/mol. The molecule has 2 aromatic carbocycles. The van der Waals surface area contributed by atoms with Crippen molar-refractivity contribution < 1.29 is 37.1 Å². The van der Waals surface area contributed by atoms with Crippen molar-refractivity contribution in [3.63, 3.8) is 0 Å². The third-order valence-electron chi connectivity index (χ3n) is 11.4. The van der Waals surface area contributed by atoms with Crippen LogP contribution in [0.4, 0.5) is 16.2 Å². The molecule has 4 aliphatic rings. The second-order valence-electron chi connectivity index (χ2n) is 16.3. The maximum atomic E-state index is 14.7. The molecule has 54 heavy (non-hydrogen) atoms. The smallest absolute Gasteiger partial charge is 0.419 e. The number of rotatable bonds is 13. The minimum atomic E-state index is -3.87. The van der Waals surface area contributed by atoms with Gasteiger partial charge in [-0.1, -0.05) is 63.2 Å². The van der Waals surface area contributed by atoms with Crippen molar-refractivity contribution in [2.75, 3.05) is 24.5 Å². The van der Waals surface area contributed by atoms with Gasteiger partial charge in [-0.2, -0.15) is 0 Å². The van der Waals surface area contributed by atoms with E-state index in [1.165, 1.54) is 9.80 Å². The summed E-state index contributed by atoms with van der Waals surface area (Å²) in [7, 11) is -3.87. The number of ketones is 1. The van der Waals surface area contributed by atoms with E-state index in [9.17, 15) is 32.4 Å². The molecular weight excluding hydrogens is 709 g/mol. The van der Waals surface area contributed by atoms with Crippen LogP contribution in [-0.2, 0) is 33.9 Å². The van der Waals surface area contributed by atoms with Crippen LogP contribution in [0.3, 0.4) is 0 Å². The molecule has 5 atom stereocenters. The van der Waals surface area contributed by atoms with E-state index in [0.717, 1.165) is 19.3 Å². The van der Waals surface area contributed by atoms with Crippen LogP contribution in [0.15, 0.2) is 73.3 Å². The van der Waals surface area contributed by atoms with Crippen molar-refractivity contribution in [1.82, 2.24) is 14.5 Å². The molecule has 0 bridgehead atoms. The number of para-hydroxylation sites is 2. The maximum Gasteiger partial charge on any atom is 0.419 e. The van der Waals surface area contributed by atoms with Crippen molar-refractivity contribution in [2.45, 2.75) is 96.0 Å². The number of hydrogen-bond acceptors (Lipinski definition) is 8. The van der Waals surface area contributed by atoms with Crippen LogP contribution in [0.2, 0.25) is 0 Å². The van der Waals surface area contributed by atoms with E-state index in [4.69, 9.17) is 4.74 Å². The molecule has 0 radical (unpaired) electrons. The molecule has 0 spiro atoms. The van der Waals surface area contributed by atoms with Gasteiger partial charge in [-0.15, -0.1) is 6.58 Å². The summed E-state index contributed by atoms with van der Waals surface area (Å²) in [6, 6.07) is 16.9. The fourth-order valence-electron chi connectivity index (χ4n) is 7.86. The number of nitrogens with zero attached hydrogens (tertiary/aromatic N) is 3. The summed E-state index contributed by atoms with van der Waals surface area (Å²) in [6.07, 6.45) is 3.63. The molecule has 0 unspecified atom stereocenters. The highest BCUT2D eigenvalue weighted by Crippen LogP contribution is 2.57. The Morgan fingerprint density at radius 1 is 0.963 bits per heavy atom. The molecule has 4 amide bonds. The Morgan fingerprint density at radius 3 is 2.07 bits per heavy atom. The molecule has 0 aromatic heterocycles. The standard InChI is InChI=1S/C41H52N4O8S/c1-5-28-25-41(28,38(49)42-54(51,52)32-19-20-32)26-35(46)34-23-31(53-39(50)45(29-15-9-6-10-16-29)30-17-11-7-12-18-30)27-44(34)37(48)33(40(2,3)4)24-36(47)43-21-13-8-14-22-43/h5-7,9-12,15-18,28,31-34H,1,8,13-14,19-27H2,2-4H3,(H,42,49)/t28-,31-,33-,34+,41-/m1/s1. The maximum absolute atomic E-state index is 14.7. The van der Waals surface area contributed by atoms with Gasteiger partial charge in [0, 0.05) is 32.4 Å². The van der Waals surface area contributed by atoms with Gasteiger partial charge in [0.2, 0.25) is 27.7 Å². The van der Waals surface area contributed by atoms with Crippen molar-refractivity contribution >= 4 is 51.0 Å². The van der Waals surface area contributed by atoms with E-state index in [1.54, 1.807) is 59.5 Å². The second-order valence-corrected chi connectivity index (χ2v) is 18.3. The summed E-state index contributed by atoms with van der Waals surface area (Å²) in [6.45, 7) is 10.7. The van der Waals surface area contributed by atoms with Crippen molar-refractivity contribution in [2.24, 2.45) is 22.7 Å². The van der Waals surface area contributed by atoms with Crippen molar-refractivity contribution in [3.05, 3.63) is 73.3 Å². The van der Waals surface area contributed by atoms with Crippen molar-refractivity contribution in [1.29, 1.82) is 0 Å². The third kappa shape index (κ3) is 8.56. The van der Waals surface area contributed by atoms with Crippen LogP contribution in [-0.4, -0.2) is 84.8 Å². The van der Waals surface area contributed by atoms with E-state index in [0.29, 0.717) is 37.3 Å². The summed E-state index contributed by atoms with van der Waals surface area (Å²) in [5, 5.41) is -0.623. The number of ether oxygens (including phenoxy) is 1. The summed E-state index contributed by atoms with van der Waals surface area (Å²) in [5.41, 5.74) is -0.857. The minimum absolute atomic E-state index is 0.0263. The number of carbonyl (C=O) groups is 5. The molecule has 2 aliphatic heterocycles. The highest BCUT2D eigenvalue weighted by molar-refractivity contribution is 7.90. The first-order chi connectivity index (χ1) is 25.6. The molecule has 12 nitrogen and oxygen atoms in total. The number of piperidine rings is 1. The zero-order chi connectivity index (χ0) is 38.8. The fraction of sp³-hybridized carbons (Fsp3) is 0.537. The first-order valence-corrected chi connectivity index (χ1v) is 20.6. The average Bonchev–Trinajstić information content (AvgIpc) is 4.08. The fourth-order valence-corrected chi connectivity index (χ4v) is 9.25. The first kappa shape index (κ1) is 39.2. The Kier molecular flexibility index (Phi) is 11.4. The normalized spacial score (nSPS) is 24.6. The Labute approximate surface area is 318 Å². The third-order valence-corrected chi connectivity index (χ3v) is 13.2. The molecule has 2 heterocycles.